The molecule has 0 aliphatic rings. The van der Waals surface area contributed by atoms with Gasteiger partial charge in [-0.2, -0.15) is 0 Å². The maximum atomic E-state index is 12.8. The first-order valence-corrected chi connectivity index (χ1v) is 13.9. The Morgan fingerprint density at radius 3 is 1.48 bits per heavy atom. The third-order valence-corrected chi connectivity index (χ3v) is 6.36. The van der Waals surface area contributed by atoms with Crippen LogP contribution in [-0.4, -0.2) is 25.2 Å². The van der Waals surface area contributed by atoms with Crippen molar-refractivity contribution in [3.63, 3.8) is 0 Å². The molecular formula is C29H56O4. The summed E-state index contributed by atoms with van der Waals surface area (Å²) < 4.78 is 10.8. The summed E-state index contributed by atoms with van der Waals surface area (Å²) in [5.74, 6) is 1.96. The Labute approximate surface area is 206 Å². The molecule has 0 aromatic carbocycles. The van der Waals surface area contributed by atoms with Crippen LogP contribution in [0.1, 0.15) is 126 Å². The summed E-state index contributed by atoms with van der Waals surface area (Å²) >= 11 is 0. The van der Waals surface area contributed by atoms with Crippen LogP contribution in [0.25, 0.3) is 0 Å². The summed E-state index contributed by atoms with van der Waals surface area (Å²) in [6.45, 7) is 18.2. The Hall–Kier alpha value is -1.06. The predicted octanol–water partition coefficient (Wildman–Crippen LogP) is 8.22. The molecular weight excluding hydrogens is 412 g/mol. The summed E-state index contributed by atoms with van der Waals surface area (Å²) in [6.07, 6.45) is 12.5. The first kappa shape index (κ1) is 31.9. The molecule has 2 unspecified atom stereocenters. The standard InChI is InChI=1S/C29H56O4/c1-22(2)20-32-27(30)19-17-15-13-11-9-10-12-14-16-18-26(24(5)6)28(25(7)8)29(31)33-21-23(3)4/h22-26,28H,9-21H2,1-8H3. The van der Waals surface area contributed by atoms with Gasteiger partial charge in [0, 0.05) is 6.42 Å². The fourth-order valence-corrected chi connectivity index (χ4v) is 4.43. The molecule has 0 aromatic rings. The van der Waals surface area contributed by atoms with Crippen molar-refractivity contribution in [3.05, 3.63) is 0 Å². The average molecular weight is 469 g/mol. The molecule has 2 atom stereocenters. The van der Waals surface area contributed by atoms with E-state index in [1.165, 1.54) is 44.9 Å². The second kappa shape index (κ2) is 19.3. The van der Waals surface area contributed by atoms with Gasteiger partial charge < -0.3 is 9.47 Å². The Kier molecular flexibility index (Phi) is 18.6. The van der Waals surface area contributed by atoms with Crippen molar-refractivity contribution in [1.29, 1.82) is 0 Å². The molecule has 4 nitrogen and oxygen atoms in total. The van der Waals surface area contributed by atoms with Gasteiger partial charge in [-0.3, -0.25) is 9.59 Å². The van der Waals surface area contributed by atoms with Crippen molar-refractivity contribution in [2.45, 2.75) is 126 Å². The van der Waals surface area contributed by atoms with Gasteiger partial charge in [0.1, 0.15) is 0 Å². The molecule has 4 heteroatoms. The van der Waals surface area contributed by atoms with Crippen molar-refractivity contribution in [2.24, 2.45) is 35.5 Å². The van der Waals surface area contributed by atoms with Crippen LogP contribution in [0.15, 0.2) is 0 Å². The van der Waals surface area contributed by atoms with Crippen molar-refractivity contribution >= 4 is 11.9 Å². The van der Waals surface area contributed by atoms with Gasteiger partial charge in [-0.05, 0) is 42.4 Å². The highest BCUT2D eigenvalue weighted by Gasteiger charge is 2.33. The normalized spacial score (nSPS) is 13.7. The Morgan fingerprint density at radius 1 is 0.576 bits per heavy atom. The minimum Gasteiger partial charge on any atom is -0.465 e. The molecule has 33 heavy (non-hydrogen) atoms. The summed E-state index contributed by atoms with van der Waals surface area (Å²) in [5.41, 5.74) is 0. The van der Waals surface area contributed by atoms with Crippen LogP contribution in [0.3, 0.4) is 0 Å². The average Bonchev–Trinajstić information content (AvgIpc) is 2.72. The number of hydrogen-bond donors (Lipinski definition) is 0. The molecule has 0 aliphatic carbocycles. The molecule has 0 radical (unpaired) electrons. The van der Waals surface area contributed by atoms with E-state index < -0.39 is 0 Å². The van der Waals surface area contributed by atoms with Crippen molar-refractivity contribution in [1.82, 2.24) is 0 Å². The Morgan fingerprint density at radius 2 is 1.03 bits per heavy atom. The monoisotopic (exact) mass is 468 g/mol. The maximum absolute atomic E-state index is 12.8. The van der Waals surface area contributed by atoms with Crippen molar-refractivity contribution in [2.75, 3.05) is 13.2 Å². The molecule has 0 N–H and O–H groups in total. The van der Waals surface area contributed by atoms with Crippen LogP contribution in [0.5, 0.6) is 0 Å². The summed E-state index contributed by atoms with van der Waals surface area (Å²) in [7, 11) is 0. The topological polar surface area (TPSA) is 52.6 Å². The number of unbranched alkanes of at least 4 members (excludes halogenated alkanes) is 8. The molecule has 0 saturated heterocycles. The van der Waals surface area contributed by atoms with Crippen LogP contribution in [0, 0.1) is 35.5 Å². The van der Waals surface area contributed by atoms with E-state index in [2.05, 4.69) is 55.4 Å². The zero-order valence-electron chi connectivity index (χ0n) is 23.3. The zero-order valence-corrected chi connectivity index (χ0v) is 23.3. The first-order valence-electron chi connectivity index (χ1n) is 13.9. The van der Waals surface area contributed by atoms with Crippen LogP contribution in [-0.2, 0) is 19.1 Å². The van der Waals surface area contributed by atoms with E-state index in [1.807, 2.05) is 0 Å². The minimum atomic E-state index is -0.0451. The molecule has 0 heterocycles. The van der Waals surface area contributed by atoms with Crippen molar-refractivity contribution in [3.8, 4) is 0 Å². The second-order valence-corrected chi connectivity index (χ2v) is 11.5. The Bertz CT molecular complexity index is 496. The van der Waals surface area contributed by atoms with Crippen LogP contribution in [0.4, 0.5) is 0 Å². The lowest BCUT2D eigenvalue weighted by Crippen LogP contribution is -2.34. The highest BCUT2D eigenvalue weighted by molar-refractivity contribution is 5.73. The fourth-order valence-electron chi connectivity index (χ4n) is 4.43. The highest BCUT2D eigenvalue weighted by Crippen LogP contribution is 2.33. The van der Waals surface area contributed by atoms with E-state index in [1.54, 1.807) is 0 Å². The number of carbonyl (C=O) groups excluding carboxylic acids is 2. The van der Waals surface area contributed by atoms with Gasteiger partial charge in [0.2, 0.25) is 0 Å². The third-order valence-electron chi connectivity index (χ3n) is 6.36. The number of hydrogen-bond acceptors (Lipinski definition) is 4. The maximum Gasteiger partial charge on any atom is 0.309 e. The van der Waals surface area contributed by atoms with Gasteiger partial charge in [0.15, 0.2) is 0 Å². The summed E-state index contributed by atoms with van der Waals surface area (Å²) in [5, 5.41) is 0. The van der Waals surface area contributed by atoms with Crippen LogP contribution in [0.2, 0.25) is 0 Å². The minimum absolute atomic E-state index is 0.00517. The molecule has 0 bridgehead atoms. The summed E-state index contributed by atoms with van der Waals surface area (Å²) in [4.78, 5) is 24.4. The molecule has 0 rings (SSSR count). The molecule has 0 aromatic heterocycles. The zero-order chi connectivity index (χ0) is 25.2. The number of esters is 2. The van der Waals surface area contributed by atoms with E-state index in [-0.39, 0.29) is 17.9 Å². The molecule has 0 fully saturated rings. The molecule has 0 saturated carbocycles. The van der Waals surface area contributed by atoms with Crippen molar-refractivity contribution < 1.29 is 19.1 Å². The third kappa shape index (κ3) is 17.1. The van der Waals surface area contributed by atoms with Gasteiger partial charge in [0.05, 0.1) is 19.1 Å². The molecule has 196 valence electrons. The number of ether oxygens (including phenoxy) is 2. The lowest BCUT2D eigenvalue weighted by Gasteiger charge is -2.31. The SMILES string of the molecule is CC(C)COC(=O)CCCCCCCCCCCC(C(C)C)C(C(=O)OCC(C)C)C(C)C. The first-order chi connectivity index (χ1) is 15.6. The fraction of sp³-hybridized carbons (Fsp3) is 0.931. The summed E-state index contributed by atoms with van der Waals surface area (Å²) in [6, 6.07) is 0. The highest BCUT2D eigenvalue weighted by atomic mass is 16.5. The second-order valence-electron chi connectivity index (χ2n) is 11.5. The van der Waals surface area contributed by atoms with Gasteiger partial charge in [0.25, 0.3) is 0 Å². The van der Waals surface area contributed by atoms with Gasteiger partial charge in [-0.1, -0.05) is 107 Å². The molecule has 0 spiro atoms. The Balaban J connectivity index is 4.00. The molecule has 0 aliphatic heterocycles. The quantitative estimate of drug-likeness (QED) is 0.133. The smallest absolute Gasteiger partial charge is 0.309 e. The molecule has 0 amide bonds. The van der Waals surface area contributed by atoms with E-state index in [4.69, 9.17) is 9.47 Å². The van der Waals surface area contributed by atoms with E-state index in [9.17, 15) is 9.59 Å². The lowest BCUT2D eigenvalue weighted by molar-refractivity contribution is -0.154. The largest absolute Gasteiger partial charge is 0.465 e. The van der Waals surface area contributed by atoms with Crippen LogP contribution < -0.4 is 0 Å². The van der Waals surface area contributed by atoms with E-state index >= 15 is 0 Å². The van der Waals surface area contributed by atoms with E-state index in [0.717, 1.165) is 19.3 Å². The lowest BCUT2D eigenvalue weighted by atomic mass is 9.74. The van der Waals surface area contributed by atoms with Gasteiger partial charge in [-0.15, -0.1) is 0 Å². The van der Waals surface area contributed by atoms with Gasteiger partial charge >= 0.3 is 11.9 Å². The van der Waals surface area contributed by atoms with Crippen LogP contribution >= 0.6 is 0 Å². The number of rotatable bonds is 20. The number of carbonyl (C=O) groups is 2. The van der Waals surface area contributed by atoms with E-state index in [0.29, 0.717) is 49.2 Å². The predicted molar refractivity (Wildman–Crippen MR) is 139 cm³/mol. The van der Waals surface area contributed by atoms with Gasteiger partial charge in [-0.25, -0.2) is 0 Å².